The number of fused-ring (bicyclic) bond motifs is 1. The quantitative estimate of drug-likeness (QED) is 0.376. The predicted octanol–water partition coefficient (Wildman–Crippen LogP) is 2.67. The van der Waals surface area contributed by atoms with Gasteiger partial charge in [0, 0.05) is 17.2 Å². The molecule has 0 aliphatic carbocycles. The second-order valence-electron chi connectivity index (χ2n) is 9.27. The summed E-state index contributed by atoms with van der Waals surface area (Å²) in [7, 11) is 0. The first-order valence-electron chi connectivity index (χ1n) is 11.2. The molecule has 0 aliphatic rings. The molecule has 0 amide bonds. The molecule has 178 valence electrons. The molecule has 0 bridgehead atoms. The molecule has 2 aromatic heterocycles. The molecule has 3 N–H and O–H groups in total. The van der Waals surface area contributed by atoms with Crippen molar-refractivity contribution < 1.29 is 24.1 Å². The number of nitrogens with two attached hydrogens (primary N) is 1. The second kappa shape index (κ2) is 9.74. The summed E-state index contributed by atoms with van der Waals surface area (Å²) < 4.78 is 14.2. The first kappa shape index (κ1) is 24.4. The minimum absolute atomic E-state index is 0.0519. The molecule has 33 heavy (non-hydrogen) atoms. The number of benzene rings is 1. The molecule has 3 rings (SSSR count). The van der Waals surface area contributed by atoms with Crippen LogP contribution < -0.4 is 19.9 Å². The van der Waals surface area contributed by atoms with E-state index < -0.39 is 0 Å². The molecule has 9 heteroatoms. The molecular formula is C24H34N5O4+. The monoisotopic (exact) mass is 456 g/mol. The summed E-state index contributed by atoms with van der Waals surface area (Å²) in [5.41, 5.74) is 9.12. The van der Waals surface area contributed by atoms with Gasteiger partial charge in [0.1, 0.15) is 12.4 Å². The molecule has 1 aromatic carbocycles. The molecule has 2 heterocycles. The van der Waals surface area contributed by atoms with Gasteiger partial charge in [0.25, 0.3) is 5.65 Å². The molecule has 3 aromatic rings. The van der Waals surface area contributed by atoms with Crippen LogP contribution in [0.15, 0.2) is 24.3 Å². The largest absolute Gasteiger partial charge is 0.491 e. The zero-order chi connectivity index (χ0) is 24.3. The minimum Gasteiger partial charge on any atom is -0.491 e. The number of carbonyl (C=O) groups excluding carboxylic acids is 1. The van der Waals surface area contributed by atoms with E-state index in [0.29, 0.717) is 29.4 Å². The molecule has 0 aliphatic heterocycles. The van der Waals surface area contributed by atoms with Crippen LogP contribution in [-0.2, 0) is 12.0 Å². The number of rotatable bonds is 9. The van der Waals surface area contributed by atoms with Gasteiger partial charge in [-0.25, -0.2) is 0 Å². The number of carbonyl (C=O) groups is 1. The molecule has 0 radical (unpaired) electrons. The van der Waals surface area contributed by atoms with Crippen LogP contribution in [0.1, 0.15) is 68.9 Å². The van der Waals surface area contributed by atoms with Crippen LogP contribution in [-0.4, -0.2) is 45.4 Å². The first-order valence-corrected chi connectivity index (χ1v) is 11.2. The maximum Gasteiger partial charge on any atom is 0.401 e. The Labute approximate surface area is 194 Å². The predicted molar refractivity (Wildman–Crippen MR) is 125 cm³/mol. The number of ketones is 1. The van der Waals surface area contributed by atoms with E-state index in [4.69, 9.17) is 20.3 Å². The van der Waals surface area contributed by atoms with Crippen LogP contribution in [0.2, 0.25) is 0 Å². The van der Waals surface area contributed by atoms with E-state index in [1.54, 1.807) is 6.07 Å². The lowest BCUT2D eigenvalue weighted by molar-refractivity contribution is -0.723. The Morgan fingerprint density at radius 1 is 1.21 bits per heavy atom. The van der Waals surface area contributed by atoms with Crippen LogP contribution in [0.3, 0.4) is 0 Å². The highest BCUT2D eigenvalue weighted by Crippen LogP contribution is 2.28. The van der Waals surface area contributed by atoms with Gasteiger partial charge < -0.3 is 14.6 Å². The van der Waals surface area contributed by atoms with Crippen molar-refractivity contribution in [3.8, 4) is 11.6 Å². The number of aliphatic hydroxyl groups excluding tert-OH is 1. The lowest BCUT2D eigenvalue weighted by Gasteiger charge is -2.21. The first-order chi connectivity index (χ1) is 15.5. The summed E-state index contributed by atoms with van der Waals surface area (Å²) in [6.07, 6.45) is 0. The summed E-state index contributed by atoms with van der Waals surface area (Å²) in [4.78, 5) is 13.3. The molecule has 0 atom stereocenters. The molecule has 0 saturated heterocycles. The Hall–Kier alpha value is -3.20. The van der Waals surface area contributed by atoms with Crippen molar-refractivity contribution in [2.75, 3.05) is 25.6 Å². The van der Waals surface area contributed by atoms with E-state index in [0.717, 1.165) is 11.1 Å². The number of nitrogen functional groups attached to an aromatic ring is 1. The van der Waals surface area contributed by atoms with Crippen LogP contribution in [0.5, 0.6) is 11.6 Å². The van der Waals surface area contributed by atoms with E-state index in [9.17, 15) is 4.79 Å². The van der Waals surface area contributed by atoms with E-state index in [1.807, 2.05) is 25.1 Å². The third-order valence-corrected chi connectivity index (χ3v) is 5.30. The average Bonchev–Trinajstić information content (AvgIpc) is 3.06. The fourth-order valence-corrected chi connectivity index (χ4v) is 3.46. The fraction of sp³-hybridized carbons (Fsp3) is 0.500. The molecule has 9 nitrogen and oxygen atoms in total. The van der Waals surface area contributed by atoms with Crippen LogP contribution >= 0.6 is 0 Å². The number of Topliss-reactive ketones (excluding diaryl/α,β-unsaturated/α-hetero) is 1. The van der Waals surface area contributed by atoms with Crippen molar-refractivity contribution >= 4 is 17.4 Å². The van der Waals surface area contributed by atoms with Gasteiger partial charge in [-0.2, -0.15) is 0 Å². The zero-order valence-corrected chi connectivity index (χ0v) is 20.3. The zero-order valence-electron chi connectivity index (χ0n) is 20.3. The molecular weight excluding hydrogens is 422 g/mol. The highest BCUT2D eigenvalue weighted by atomic mass is 16.5. The summed E-state index contributed by atoms with van der Waals surface area (Å²) in [6.45, 7) is 12.7. The van der Waals surface area contributed by atoms with Crippen LogP contribution in [0.25, 0.3) is 5.65 Å². The normalized spacial score (nSPS) is 11.9. The number of aliphatic hydroxyl groups is 1. The Balaban J connectivity index is 2.01. The number of aromatic nitrogens is 4. The highest BCUT2D eigenvalue weighted by Gasteiger charge is 2.26. The Kier molecular flexibility index (Phi) is 7.22. The summed E-state index contributed by atoms with van der Waals surface area (Å²) in [6, 6.07) is 7.31. The standard InChI is InChI=1S/C24H33N5O4/c1-7-32-21-13-19(15(2)3)22-27-28(23(25)29(22)26-21)14-20(31)16-10-17(24(4,5)6)12-18(11-16)33-9-8-30/h10-13,15,25,30H,7-9,14H2,1-6H3/p+1. The molecule has 0 fully saturated rings. The summed E-state index contributed by atoms with van der Waals surface area (Å²) in [5.74, 6) is 1.24. The van der Waals surface area contributed by atoms with Crippen LogP contribution in [0.4, 0.5) is 5.95 Å². The summed E-state index contributed by atoms with van der Waals surface area (Å²) >= 11 is 0. The molecule has 0 saturated carbocycles. The Morgan fingerprint density at radius 2 is 1.94 bits per heavy atom. The van der Waals surface area contributed by atoms with Gasteiger partial charge in [0.05, 0.1) is 13.2 Å². The SMILES string of the molecule is CCOc1cc(C(C)C)c2n[n+](CC(=O)c3cc(OCCO)cc(C(C)(C)C)c3)c(N)n2n1. The van der Waals surface area contributed by atoms with Crippen LogP contribution in [0, 0.1) is 0 Å². The number of hydrogen-bond acceptors (Lipinski definition) is 7. The van der Waals surface area contributed by atoms with Gasteiger partial charge in [0.15, 0.2) is 12.3 Å². The van der Waals surface area contributed by atoms with Gasteiger partial charge in [0.2, 0.25) is 5.88 Å². The Morgan fingerprint density at radius 3 is 2.55 bits per heavy atom. The number of hydrogen-bond donors (Lipinski definition) is 2. The van der Waals surface area contributed by atoms with E-state index in [-0.39, 0.29) is 42.8 Å². The van der Waals surface area contributed by atoms with Crippen molar-refractivity contribution in [1.29, 1.82) is 0 Å². The van der Waals surface area contributed by atoms with E-state index >= 15 is 0 Å². The molecule has 0 unspecified atom stereocenters. The van der Waals surface area contributed by atoms with Crippen molar-refractivity contribution in [1.82, 2.24) is 14.7 Å². The third kappa shape index (κ3) is 5.42. The van der Waals surface area contributed by atoms with Crippen molar-refractivity contribution in [3.05, 3.63) is 41.0 Å². The van der Waals surface area contributed by atoms with Gasteiger partial charge in [-0.1, -0.05) is 49.3 Å². The van der Waals surface area contributed by atoms with Crippen molar-refractivity contribution in [2.45, 2.75) is 59.4 Å². The summed E-state index contributed by atoms with van der Waals surface area (Å²) in [5, 5.41) is 18.1. The maximum absolute atomic E-state index is 13.3. The van der Waals surface area contributed by atoms with Crippen molar-refractivity contribution in [2.24, 2.45) is 0 Å². The highest BCUT2D eigenvalue weighted by molar-refractivity contribution is 5.95. The molecule has 0 spiro atoms. The second-order valence-corrected chi connectivity index (χ2v) is 9.27. The fourth-order valence-electron chi connectivity index (χ4n) is 3.46. The number of anilines is 1. The lowest BCUT2D eigenvalue weighted by atomic mass is 9.85. The minimum atomic E-state index is -0.186. The van der Waals surface area contributed by atoms with Gasteiger partial charge in [-0.15, -0.1) is 4.68 Å². The van der Waals surface area contributed by atoms with Gasteiger partial charge >= 0.3 is 5.95 Å². The smallest absolute Gasteiger partial charge is 0.401 e. The average molecular weight is 457 g/mol. The van der Waals surface area contributed by atoms with Gasteiger partial charge in [-0.3, -0.25) is 10.5 Å². The van der Waals surface area contributed by atoms with E-state index in [1.165, 1.54) is 9.20 Å². The van der Waals surface area contributed by atoms with Crippen molar-refractivity contribution in [3.63, 3.8) is 0 Å². The third-order valence-electron chi connectivity index (χ3n) is 5.30. The Bertz CT molecular complexity index is 1150. The number of nitrogens with zero attached hydrogens (tertiary/aromatic N) is 4. The maximum atomic E-state index is 13.3. The van der Waals surface area contributed by atoms with Gasteiger partial charge in [-0.05, 0) is 42.0 Å². The number of ether oxygens (including phenoxy) is 2. The topological polar surface area (TPSA) is 116 Å². The van der Waals surface area contributed by atoms with E-state index in [2.05, 4.69) is 44.8 Å². The lowest BCUT2D eigenvalue weighted by Crippen LogP contribution is -2.42.